The van der Waals surface area contributed by atoms with E-state index in [1.807, 2.05) is 0 Å². The molecule has 0 heterocycles. The fraction of sp³-hybridized carbons (Fsp3) is 1.00. The largest absolute Gasteiger partial charge is 0.396 e. The molecule has 0 saturated heterocycles. The van der Waals surface area contributed by atoms with Crippen molar-refractivity contribution in [1.29, 1.82) is 0 Å². The lowest BCUT2D eigenvalue weighted by Crippen LogP contribution is -2.51. The van der Waals surface area contributed by atoms with E-state index < -0.39 is 0 Å². The van der Waals surface area contributed by atoms with Gasteiger partial charge in [-0.1, -0.05) is 26.7 Å². The minimum atomic E-state index is -0.00783. The normalized spacial score (nSPS) is 20.6. The van der Waals surface area contributed by atoms with Crippen LogP contribution in [0.25, 0.3) is 0 Å². The number of likely N-dealkylation sites (N-methyl/N-ethyl adjacent to an activating group) is 1. The zero-order chi connectivity index (χ0) is 12.2. The molecule has 16 heavy (non-hydrogen) atoms. The van der Waals surface area contributed by atoms with Crippen LogP contribution in [-0.4, -0.2) is 49.3 Å². The maximum atomic E-state index is 9.21. The van der Waals surface area contributed by atoms with Crippen LogP contribution < -0.4 is 5.32 Å². The summed E-state index contributed by atoms with van der Waals surface area (Å²) < 4.78 is 0. The van der Waals surface area contributed by atoms with E-state index >= 15 is 0 Å². The van der Waals surface area contributed by atoms with Crippen LogP contribution in [0, 0.1) is 5.41 Å². The van der Waals surface area contributed by atoms with Gasteiger partial charge in [-0.15, -0.1) is 0 Å². The van der Waals surface area contributed by atoms with Gasteiger partial charge in [-0.05, 0) is 26.9 Å². The van der Waals surface area contributed by atoms with Crippen LogP contribution in [-0.2, 0) is 0 Å². The van der Waals surface area contributed by atoms with Gasteiger partial charge in [-0.3, -0.25) is 0 Å². The number of aliphatic hydroxyl groups excluding tert-OH is 1. The smallest absolute Gasteiger partial charge is 0.0494 e. The van der Waals surface area contributed by atoms with E-state index in [0.29, 0.717) is 5.54 Å². The Bertz CT molecular complexity index is 208. The molecule has 96 valence electrons. The third-order valence-electron chi connectivity index (χ3n) is 3.97. The molecule has 0 spiro atoms. The van der Waals surface area contributed by atoms with E-state index in [-0.39, 0.29) is 12.0 Å². The fourth-order valence-corrected chi connectivity index (χ4v) is 2.50. The standard InChI is InChI=1S/C13H28N2O/c1-12(2,11-16)9-14-10-13(15(3)4)7-5-6-8-13/h14,16H,5-11H2,1-4H3. The summed E-state index contributed by atoms with van der Waals surface area (Å²) in [5, 5.41) is 12.7. The van der Waals surface area contributed by atoms with Crippen molar-refractivity contribution in [3.05, 3.63) is 0 Å². The number of hydrogen-bond acceptors (Lipinski definition) is 3. The lowest BCUT2D eigenvalue weighted by atomic mass is 9.92. The van der Waals surface area contributed by atoms with Gasteiger partial charge in [-0.2, -0.15) is 0 Å². The third-order valence-corrected chi connectivity index (χ3v) is 3.97. The fourth-order valence-electron chi connectivity index (χ4n) is 2.50. The highest BCUT2D eigenvalue weighted by molar-refractivity contribution is 4.94. The SMILES string of the molecule is CN(C)C1(CNCC(C)(C)CO)CCCC1. The van der Waals surface area contributed by atoms with Crippen LogP contribution in [0.15, 0.2) is 0 Å². The summed E-state index contributed by atoms with van der Waals surface area (Å²) in [6.45, 7) is 6.37. The van der Waals surface area contributed by atoms with Crippen molar-refractivity contribution < 1.29 is 5.11 Å². The first kappa shape index (κ1) is 13.9. The molecule has 1 fully saturated rings. The van der Waals surface area contributed by atoms with Crippen LogP contribution in [0.1, 0.15) is 39.5 Å². The molecule has 1 aliphatic carbocycles. The number of rotatable bonds is 6. The van der Waals surface area contributed by atoms with Gasteiger partial charge in [0, 0.05) is 30.7 Å². The predicted octanol–water partition coefficient (Wildman–Crippen LogP) is 1.47. The van der Waals surface area contributed by atoms with E-state index in [9.17, 15) is 5.11 Å². The van der Waals surface area contributed by atoms with Gasteiger partial charge in [0.2, 0.25) is 0 Å². The second-order valence-corrected chi connectivity index (χ2v) is 6.25. The minimum Gasteiger partial charge on any atom is -0.396 e. The van der Waals surface area contributed by atoms with Gasteiger partial charge in [0.15, 0.2) is 0 Å². The average Bonchev–Trinajstić information content (AvgIpc) is 2.67. The quantitative estimate of drug-likeness (QED) is 0.722. The summed E-state index contributed by atoms with van der Waals surface area (Å²) >= 11 is 0. The molecule has 0 amide bonds. The molecule has 1 rings (SSSR count). The Kier molecular flexibility index (Phi) is 4.77. The molecule has 0 aromatic heterocycles. The average molecular weight is 228 g/mol. The molecule has 0 aliphatic heterocycles. The van der Waals surface area contributed by atoms with Crippen molar-refractivity contribution in [3.63, 3.8) is 0 Å². The van der Waals surface area contributed by atoms with E-state index in [0.717, 1.165) is 13.1 Å². The van der Waals surface area contributed by atoms with Crippen molar-refractivity contribution in [1.82, 2.24) is 10.2 Å². The molecular formula is C13H28N2O. The van der Waals surface area contributed by atoms with Gasteiger partial charge in [0.25, 0.3) is 0 Å². The molecule has 0 unspecified atom stereocenters. The number of aliphatic hydroxyl groups is 1. The molecule has 3 nitrogen and oxygen atoms in total. The number of nitrogens with zero attached hydrogens (tertiary/aromatic N) is 1. The molecule has 0 radical (unpaired) electrons. The second kappa shape index (κ2) is 5.48. The van der Waals surface area contributed by atoms with Gasteiger partial charge in [0.05, 0.1) is 0 Å². The molecule has 0 bridgehead atoms. The molecule has 2 N–H and O–H groups in total. The van der Waals surface area contributed by atoms with E-state index in [4.69, 9.17) is 0 Å². The zero-order valence-electron chi connectivity index (χ0n) is 11.3. The van der Waals surface area contributed by atoms with Crippen LogP contribution >= 0.6 is 0 Å². The molecular weight excluding hydrogens is 200 g/mol. The first-order valence-electron chi connectivity index (χ1n) is 6.41. The highest BCUT2D eigenvalue weighted by atomic mass is 16.3. The minimum absolute atomic E-state index is 0.00783. The van der Waals surface area contributed by atoms with Crippen LogP contribution in [0.3, 0.4) is 0 Å². The van der Waals surface area contributed by atoms with Crippen molar-refractivity contribution >= 4 is 0 Å². The first-order valence-corrected chi connectivity index (χ1v) is 6.41. The third kappa shape index (κ3) is 3.44. The van der Waals surface area contributed by atoms with Crippen LogP contribution in [0.5, 0.6) is 0 Å². The lowest BCUT2D eigenvalue weighted by Gasteiger charge is -2.37. The molecule has 3 heteroatoms. The Morgan fingerprint density at radius 2 is 1.81 bits per heavy atom. The molecule has 0 aromatic rings. The Balaban J connectivity index is 2.40. The van der Waals surface area contributed by atoms with E-state index in [1.165, 1.54) is 25.7 Å². The Labute approximate surface area is 100 Å². The van der Waals surface area contributed by atoms with E-state index in [1.54, 1.807) is 0 Å². The monoisotopic (exact) mass is 228 g/mol. The summed E-state index contributed by atoms with van der Waals surface area (Å²) in [7, 11) is 4.37. The Morgan fingerprint density at radius 3 is 2.25 bits per heavy atom. The van der Waals surface area contributed by atoms with Crippen molar-refractivity contribution in [2.24, 2.45) is 5.41 Å². The van der Waals surface area contributed by atoms with Crippen molar-refractivity contribution in [3.8, 4) is 0 Å². The van der Waals surface area contributed by atoms with Gasteiger partial charge in [0.1, 0.15) is 0 Å². The summed E-state index contributed by atoms with van der Waals surface area (Å²) in [5.41, 5.74) is 0.345. The van der Waals surface area contributed by atoms with E-state index in [2.05, 4.69) is 38.2 Å². The van der Waals surface area contributed by atoms with Gasteiger partial charge < -0.3 is 15.3 Å². The van der Waals surface area contributed by atoms with Crippen molar-refractivity contribution in [2.45, 2.75) is 45.1 Å². The number of nitrogens with one attached hydrogen (secondary N) is 1. The summed E-state index contributed by atoms with van der Waals surface area (Å²) in [4.78, 5) is 2.37. The lowest BCUT2D eigenvalue weighted by molar-refractivity contribution is 0.128. The predicted molar refractivity (Wildman–Crippen MR) is 68.6 cm³/mol. The van der Waals surface area contributed by atoms with Gasteiger partial charge >= 0.3 is 0 Å². The first-order chi connectivity index (χ1) is 7.42. The molecule has 0 aromatic carbocycles. The highest BCUT2D eigenvalue weighted by Gasteiger charge is 2.35. The zero-order valence-corrected chi connectivity index (χ0v) is 11.3. The molecule has 1 aliphatic rings. The maximum Gasteiger partial charge on any atom is 0.0494 e. The number of hydrogen-bond donors (Lipinski definition) is 2. The van der Waals surface area contributed by atoms with Crippen molar-refractivity contribution in [2.75, 3.05) is 33.8 Å². The second-order valence-electron chi connectivity index (χ2n) is 6.25. The van der Waals surface area contributed by atoms with Gasteiger partial charge in [-0.25, -0.2) is 0 Å². The highest BCUT2D eigenvalue weighted by Crippen LogP contribution is 2.33. The summed E-state index contributed by atoms with van der Waals surface area (Å²) in [6.07, 6.45) is 5.30. The topological polar surface area (TPSA) is 35.5 Å². The van der Waals surface area contributed by atoms with Crippen LogP contribution in [0.2, 0.25) is 0 Å². The Morgan fingerprint density at radius 1 is 1.25 bits per heavy atom. The maximum absolute atomic E-state index is 9.21. The van der Waals surface area contributed by atoms with Crippen LogP contribution in [0.4, 0.5) is 0 Å². The summed E-state index contributed by atoms with van der Waals surface area (Å²) in [6, 6.07) is 0. The summed E-state index contributed by atoms with van der Waals surface area (Å²) in [5.74, 6) is 0. The Hall–Kier alpha value is -0.120. The molecule has 1 saturated carbocycles. The molecule has 0 atom stereocenters.